The predicted molar refractivity (Wildman–Crippen MR) is 99.9 cm³/mol. The third-order valence-corrected chi connectivity index (χ3v) is 5.48. The van der Waals surface area contributed by atoms with Gasteiger partial charge >= 0.3 is 6.18 Å². The van der Waals surface area contributed by atoms with E-state index in [-0.39, 0.29) is 11.9 Å². The van der Waals surface area contributed by atoms with Crippen molar-refractivity contribution in [2.75, 3.05) is 0 Å². The lowest BCUT2D eigenvalue weighted by molar-refractivity contribution is -0.137. The molecule has 3 aromatic rings. The molecule has 1 aliphatic rings. The fraction of sp³-hybridized carbons (Fsp3) is 0.250. The molecule has 0 aliphatic heterocycles. The van der Waals surface area contributed by atoms with Crippen molar-refractivity contribution in [2.24, 2.45) is 0 Å². The van der Waals surface area contributed by atoms with Crippen LogP contribution in [0, 0.1) is 0 Å². The Kier molecular flexibility index (Phi) is 4.89. The summed E-state index contributed by atoms with van der Waals surface area (Å²) in [5, 5.41) is 2.98. The number of amides is 1. The number of halogens is 3. The number of hydrogen-bond donors (Lipinski definition) is 1. The maximum absolute atomic E-state index is 13.0. The van der Waals surface area contributed by atoms with Gasteiger partial charge in [0.1, 0.15) is 4.88 Å². The number of nitrogens with zero attached hydrogens (tertiary/aromatic N) is 2. The molecule has 1 amide bonds. The summed E-state index contributed by atoms with van der Waals surface area (Å²) in [5.74, 6) is -0.216. The number of rotatable bonds is 3. The average Bonchev–Trinajstić information content (AvgIpc) is 3.22. The van der Waals surface area contributed by atoms with Crippen molar-refractivity contribution in [1.82, 2.24) is 14.7 Å². The van der Waals surface area contributed by atoms with E-state index >= 15 is 0 Å². The van der Waals surface area contributed by atoms with Crippen LogP contribution in [0.2, 0.25) is 0 Å². The molecule has 0 fully saturated rings. The van der Waals surface area contributed by atoms with Crippen LogP contribution < -0.4 is 5.32 Å². The summed E-state index contributed by atoms with van der Waals surface area (Å²) < 4.78 is 43.0. The van der Waals surface area contributed by atoms with Crippen LogP contribution in [-0.2, 0) is 12.6 Å². The predicted octanol–water partition coefficient (Wildman–Crippen LogP) is 5.03. The Labute approximate surface area is 163 Å². The number of aryl methyl sites for hydroxylation is 1. The summed E-state index contributed by atoms with van der Waals surface area (Å²) in [6.07, 6.45) is -0.367. The first kappa shape index (κ1) is 18.6. The SMILES string of the molecule is O=C(NC1CCCc2ccc(-c3cccc(C(F)(F)F)c3)nc21)c1ccns1. The molecule has 8 heteroatoms. The molecular formula is C20H16F3N3OS. The first-order valence-electron chi connectivity index (χ1n) is 8.81. The van der Waals surface area contributed by atoms with Gasteiger partial charge in [0.05, 0.1) is 23.0 Å². The normalized spacial score (nSPS) is 16.5. The fourth-order valence-corrected chi connectivity index (χ4v) is 3.87. The summed E-state index contributed by atoms with van der Waals surface area (Å²) in [7, 11) is 0. The zero-order valence-corrected chi connectivity index (χ0v) is 15.5. The summed E-state index contributed by atoms with van der Waals surface area (Å²) in [5.41, 5.74) is 1.88. The van der Waals surface area contributed by atoms with E-state index in [1.165, 1.54) is 6.07 Å². The van der Waals surface area contributed by atoms with Crippen molar-refractivity contribution in [3.8, 4) is 11.3 Å². The van der Waals surface area contributed by atoms with Gasteiger partial charge in [0, 0.05) is 11.8 Å². The monoisotopic (exact) mass is 403 g/mol. The maximum atomic E-state index is 13.0. The van der Waals surface area contributed by atoms with Gasteiger partial charge in [-0.25, -0.2) is 4.37 Å². The number of alkyl halides is 3. The Morgan fingerprint density at radius 1 is 1.18 bits per heavy atom. The van der Waals surface area contributed by atoms with E-state index in [2.05, 4.69) is 14.7 Å². The summed E-state index contributed by atoms with van der Waals surface area (Å²) >= 11 is 1.12. The van der Waals surface area contributed by atoms with Gasteiger partial charge in [-0.2, -0.15) is 13.2 Å². The first-order chi connectivity index (χ1) is 13.4. The molecule has 1 N–H and O–H groups in total. The Balaban J connectivity index is 1.66. The highest BCUT2D eigenvalue weighted by molar-refractivity contribution is 7.08. The molecule has 0 saturated heterocycles. The molecule has 2 heterocycles. The molecule has 0 spiro atoms. The lowest BCUT2D eigenvalue weighted by Gasteiger charge is -2.25. The highest BCUT2D eigenvalue weighted by atomic mass is 32.1. The molecule has 2 aromatic heterocycles. The Morgan fingerprint density at radius 3 is 2.79 bits per heavy atom. The summed E-state index contributed by atoms with van der Waals surface area (Å²) in [6.45, 7) is 0. The first-order valence-corrected chi connectivity index (χ1v) is 9.58. The van der Waals surface area contributed by atoms with Crippen LogP contribution in [0.5, 0.6) is 0 Å². The van der Waals surface area contributed by atoms with Gasteiger partial charge in [-0.1, -0.05) is 18.2 Å². The van der Waals surface area contributed by atoms with Crippen LogP contribution in [0.3, 0.4) is 0 Å². The minimum Gasteiger partial charge on any atom is -0.343 e. The van der Waals surface area contributed by atoms with E-state index in [1.54, 1.807) is 24.4 Å². The molecule has 4 nitrogen and oxygen atoms in total. The van der Waals surface area contributed by atoms with Crippen molar-refractivity contribution in [1.29, 1.82) is 0 Å². The molecule has 1 aromatic carbocycles. The number of pyridine rings is 1. The van der Waals surface area contributed by atoms with E-state index < -0.39 is 11.7 Å². The van der Waals surface area contributed by atoms with Gasteiger partial charge in [0.2, 0.25) is 0 Å². The topological polar surface area (TPSA) is 54.9 Å². The largest absolute Gasteiger partial charge is 0.416 e. The number of hydrogen-bond acceptors (Lipinski definition) is 4. The highest BCUT2D eigenvalue weighted by Crippen LogP contribution is 2.34. The lowest BCUT2D eigenvalue weighted by atomic mass is 9.91. The van der Waals surface area contributed by atoms with Gasteiger partial charge < -0.3 is 5.32 Å². The third kappa shape index (κ3) is 3.77. The highest BCUT2D eigenvalue weighted by Gasteiger charge is 2.31. The molecule has 0 radical (unpaired) electrons. The van der Waals surface area contributed by atoms with E-state index in [0.717, 1.165) is 54.2 Å². The lowest BCUT2D eigenvalue weighted by Crippen LogP contribution is -2.31. The van der Waals surface area contributed by atoms with Gasteiger partial charge in [0.15, 0.2) is 0 Å². The van der Waals surface area contributed by atoms with Crippen LogP contribution in [0.4, 0.5) is 13.2 Å². The van der Waals surface area contributed by atoms with Gasteiger partial charge in [-0.15, -0.1) is 0 Å². The molecule has 1 aliphatic carbocycles. The van der Waals surface area contributed by atoms with Crippen molar-refractivity contribution < 1.29 is 18.0 Å². The second-order valence-corrected chi connectivity index (χ2v) is 7.45. The van der Waals surface area contributed by atoms with Crippen LogP contribution in [0.25, 0.3) is 11.3 Å². The number of aromatic nitrogens is 2. The van der Waals surface area contributed by atoms with E-state index in [1.807, 2.05) is 6.07 Å². The molecule has 144 valence electrons. The van der Waals surface area contributed by atoms with E-state index in [0.29, 0.717) is 16.1 Å². The molecule has 1 atom stereocenters. The number of fused-ring (bicyclic) bond motifs is 1. The average molecular weight is 403 g/mol. The quantitative estimate of drug-likeness (QED) is 0.667. The molecule has 4 rings (SSSR count). The van der Waals surface area contributed by atoms with Crippen LogP contribution in [0.1, 0.15) is 45.4 Å². The van der Waals surface area contributed by atoms with Crippen molar-refractivity contribution in [3.63, 3.8) is 0 Å². The Bertz CT molecular complexity index is 1000. The molecule has 0 bridgehead atoms. The Morgan fingerprint density at radius 2 is 2.04 bits per heavy atom. The molecular weight excluding hydrogens is 387 g/mol. The van der Waals surface area contributed by atoms with Crippen LogP contribution in [0.15, 0.2) is 48.7 Å². The number of nitrogens with one attached hydrogen (secondary N) is 1. The number of carbonyl (C=O) groups is 1. The van der Waals surface area contributed by atoms with Gasteiger partial charge in [0.25, 0.3) is 5.91 Å². The molecule has 28 heavy (non-hydrogen) atoms. The van der Waals surface area contributed by atoms with Crippen LogP contribution >= 0.6 is 11.5 Å². The fourth-order valence-electron chi connectivity index (χ4n) is 3.37. The van der Waals surface area contributed by atoms with Gasteiger partial charge in [-0.05, 0) is 60.6 Å². The minimum absolute atomic E-state index is 0.216. The van der Waals surface area contributed by atoms with Crippen molar-refractivity contribution in [2.45, 2.75) is 31.5 Å². The zero-order chi connectivity index (χ0) is 19.7. The summed E-state index contributed by atoms with van der Waals surface area (Å²) in [6, 6.07) is 10.1. The second kappa shape index (κ2) is 7.35. The zero-order valence-electron chi connectivity index (χ0n) is 14.7. The maximum Gasteiger partial charge on any atom is 0.416 e. The van der Waals surface area contributed by atoms with Crippen molar-refractivity contribution in [3.05, 3.63) is 70.4 Å². The van der Waals surface area contributed by atoms with Crippen molar-refractivity contribution >= 4 is 17.4 Å². The molecule has 0 saturated carbocycles. The van der Waals surface area contributed by atoms with E-state index in [4.69, 9.17) is 0 Å². The summed E-state index contributed by atoms with van der Waals surface area (Å²) in [4.78, 5) is 17.5. The van der Waals surface area contributed by atoms with Gasteiger partial charge in [-0.3, -0.25) is 9.78 Å². The number of carbonyl (C=O) groups excluding carboxylic acids is 1. The smallest absolute Gasteiger partial charge is 0.343 e. The standard InChI is InChI=1S/C20H16F3N3OS/c21-20(22,23)14-5-1-4-13(11-14)15-8-7-12-3-2-6-16(18(12)25-15)26-19(27)17-9-10-24-28-17/h1,4-5,7-11,16H,2-3,6H2,(H,26,27). The van der Waals surface area contributed by atoms with E-state index in [9.17, 15) is 18.0 Å². The molecule has 1 unspecified atom stereocenters. The second-order valence-electron chi connectivity index (χ2n) is 6.61. The minimum atomic E-state index is -4.41. The van der Waals surface area contributed by atoms with Crippen LogP contribution in [-0.4, -0.2) is 15.3 Å². The third-order valence-electron chi connectivity index (χ3n) is 4.73. The number of benzene rings is 1. The Hall–Kier alpha value is -2.74.